The van der Waals surface area contributed by atoms with Crippen molar-refractivity contribution in [2.24, 2.45) is 0 Å². The van der Waals surface area contributed by atoms with E-state index in [4.69, 9.17) is 5.11 Å². The number of hydrogen-bond acceptors (Lipinski definition) is 4. The minimum atomic E-state index is -2.73. The zero-order chi connectivity index (χ0) is 12.3. The van der Waals surface area contributed by atoms with Gasteiger partial charge in [0.2, 0.25) is 0 Å². The summed E-state index contributed by atoms with van der Waals surface area (Å²) in [5, 5.41) is 18.4. The molecule has 1 unspecified atom stereocenters. The Morgan fingerprint density at radius 1 is 1.56 bits per heavy atom. The fraction of sp³-hybridized carbons (Fsp3) is 0.125. The smallest absolute Gasteiger partial charge is 0.378 e. The Hall–Kier alpha value is -2.25. The van der Waals surface area contributed by atoms with Crippen molar-refractivity contribution < 1.29 is 28.3 Å². The monoisotopic (exact) mass is 233 g/mol. The van der Waals surface area contributed by atoms with Gasteiger partial charge in [0.25, 0.3) is 5.69 Å². The van der Waals surface area contributed by atoms with Gasteiger partial charge in [-0.15, -0.1) is 0 Å². The highest BCUT2D eigenvalue weighted by Crippen LogP contribution is 2.23. The maximum atomic E-state index is 13.0. The topological polar surface area (TPSA) is 89.7 Å². The number of alkyl halides is 1. The van der Waals surface area contributed by atoms with Gasteiger partial charge in [0.1, 0.15) is 0 Å². The zero-order valence-electron chi connectivity index (χ0n) is 7.59. The second kappa shape index (κ2) is 4.51. The van der Waals surface area contributed by atoms with Crippen LogP contribution < -0.4 is 4.74 Å². The molecule has 0 fully saturated rings. The second-order valence-corrected chi connectivity index (χ2v) is 2.64. The average molecular weight is 233 g/mol. The van der Waals surface area contributed by atoms with Crippen molar-refractivity contribution >= 4 is 11.7 Å². The third-order valence-corrected chi connectivity index (χ3v) is 1.55. The van der Waals surface area contributed by atoms with Gasteiger partial charge in [0.15, 0.2) is 11.6 Å². The number of nitro benzene ring substituents is 1. The summed E-state index contributed by atoms with van der Waals surface area (Å²) < 4.78 is 29.7. The second-order valence-electron chi connectivity index (χ2n) is 2.64. The molecule has 8 heteroatoms. The molecular formula is C8H5F2NO5. The van der Waals surface area contributed by atoms with Crippen molar-refractivity contribution in [1.29, 1.82) is 0 Å². The van der Waals surface area contributed by atoms with Crippen LogP contribution in [0.3, 0.4) is 0 Å². The fourth-order valence-corrected chi connectivity index (χ4v) is 0.861. The summed E-state index contributed by atoms with van der Waals surface area (Å²) in [5.41, 5.74) is -0.546. The summed E-state index contributed by atoms with van der Waals surface area (Å²) in [6.45, 7) is 0. The lowest BCUT2D eigenvalue weighted by Gasteiger charge is -2.07. The summed E-state index contributed by atoms with van der Waals surface area (Å²) >= 11 is 0. The van der Waals surface area contributed by atoms with Gasteiger partial charge >= 0.3 is 12.3 Å². The van der Waals surface area contributed by atoms with Gasteiger partial charge in [0, 0.05) is 6.07 Å². The highest BCUT2D eigenvalue weighted by molar-refractivity contribution is 5.70. The third-order valence-electron chi connectivity index (χ3n) is 1.55. The highest BCUT2D eigenvalue weighted by Gasteiger charge is 2.20. The van der Waals surface area contributed by atoms with Crippen molar-refractivity contribution in [3.63, 3.8) is 0 Å². The minimum absolute atomic E-state index is 0.504. The quantitative estimate of drug-likeness (QED) is 0.628. The van der Waals surface area contributed by atoms with Crippen LogP contribution >= 0.6 is 0 Å². The van der Waals surface area contributed by atoms with Crippen molar-refractivity contribution in [2.45, 2.75) is 6.36 Å². The molecule has 0 saturated carbocycles. The van der Waals surface area contributed by atoms with Crippen molar-refractivity contribution in [1.82, 2.24) is 0 Å². The average Bonchev–Trinajstić information content (AvgIpc) is 2.20. The number of carbonyl (C=O) groups is 1. The number of hydrogen-bond donors (Lipinski definition) is 1. The van der Waals surface area contributed by atoms with Crippen molar-refractivity contribution in [2.75, 3.05) is 0 Å². The van der Waals surface area contributed by atoms with Crippen LogP contribution in [0.15, 0.2) is 18.2 Å². The van der Waals surface area contributed by atoms with Gasteiger partial charge in [-0.1, -0.05) is 0 Å². The van der Waals surface area contributed by atoms with E-state index >= 15 is 0 Å². The summed E-state index contributed by atoms with van der Waals surface area (Å²) in [6, 6.07) is 2.15. The number of benzene rings is 1. The Morgan fingerprint density at radius 2 is 2.19 bits per heavy atom. The number of carboxylic acid groups (broad SMARTS) is 1. The number of ether oxygens (including phenoxy) is 1. The molecule has 0 aromatic heterocycles. The largest absolute Gasteiger partial charge is 0.476 e. The molecule has 0 aliphatic carbocycles. The Labute approximate surface area is 87.2 Å². The van der Waals surface area contributed by atoms with Crippen molar-refractivity contribution in [3.8, 4) is 5.75 Å². The van der Waals surface area contributed by atoms with E-state index in [0.29, 0.717) is 6.07 Å². The summed E-state index contributed by atoms with van der Waals surface area (Å²) in [6.07, 6.45) is -2.73. The summed E-state index contributed by atoms with van der Waals surface area (Å²) in [7, 11) is 0. The Morgan fingerprint density at radius 3 is 2.62 bits per heavy atom. The van der Waals surface area contributed by atoms with Crippen LogP contribution in [0.5, 0.6) is 5.75 Å². The summed E-state index contributed by atoms with van der Waals surface area (Å²) in [4.78, 5) is 19.4. The molecule has 0 aliphatic rings. The van der Waals surface area contributed by atoms with Gasteiger partial charge in [-0.2, -0.15) is 4.39 Å². The van der Waals surface area contributed by atoms with E-state index < -0.39 is 34.5 Å². The molecule has 0 amide bonds. The third kappa shape index (κ3) is 2.62. The molecule has 6 nitrogen and oxygen atoms in total. The SMILES string of the molecule is O=C(O)C(F)Oc1ccc([N+](=O)[O-])cc1F. The first-order chi connectivity index (χ1) is 7.41. The van der Waals surface area contributed by atoms with Crippen LogP contribution in [-0.2, 0) is 4.79 Å². The molecule has 0 aliphatic heterocycles. The maximum absolute atomic E-state index is 13.0. The molecule has 0 bridgehead atoms. The standard InChI is InChI=1S/C8H5F2NO5/c9-5-3-4(11(14)15)1-2-6(5)16-7(10)8(12)13/h1-3,7H,(H,12,13). The van der Waals surface area contributed by atoms with Gasteiger partial charge < -0.3 is 9.84 Å². The number of nitrogens with zero attached hydrogens (tertiary/aromatic N) is 1. The van der Waals surface area contributed by atoms with Crippen LogP contribution in [0.4, 0.5) is 14.5 Å². The number of aliphatic carboxylic acids is 1. The molecule has 0 radical (unpaired) electrons. The van der Waals surface area contributed by atoms with E-state index in [1.54, 1.807) is 0 Å². The lowest BCUT2D eigenvalue weighted by atomic mass is 10.3. The Balaban J connectivity index is 2.91. The zero-order valence-corrected chi connectivity index (χ0v) is 7.59. The van der Waals surface area contributed by atoms with Crippen LogP contribution in [0.25, 0.3) is 0 Å². The predicted octanol–water partition coefficient (Wildman–Crippen LogP) is 1.49. The molecule has 1 aromatic rings. The molecule has 0 heterocycles. The molecule has 1 aromatic carbocycles. The van der Waals surface area contributed by atoms with Gasteiger partial charge in [0.05, 0.1) is 11.0 Å². The molecule has 1 N–H and O–H groups in total. The normalized spacial score (nSPS) is 11.9. The molecule has 0 spiro atoms. The first-order valence-electron chi connectivity index (χ1n) is 3.89. The molecule has 1 rings (SSSR count). The molecule has 1 atom stereocenters. The number of nitro groups is 1. The van der Waals surface area contributed by atoms with Crippen LogP contribution in [0.2, 0.25) is 0 Å². The number of carboxylic acids is 1. The van der Waals surface area contributed by atoms with E-state index in [2.05, 4.69) is 4.74 Å². The van der Waals surface area contributed by atoms with Gasteiger partial charge in [-0.05, 0) is 6.07 Å². The Kier molecular flexibility index (Phi) is 3.33. The highest BCUT2D eigenvalue weighted by atomic mass is 19.1. The lowest BCUT2D eigenvalue weighted by Crippen LogP contribution is -2.21. The van der Waals surface area contributed by atoms with E-state index in [9.17, 15) is 23.7 Å². The molecule has 86 valence electrons. The number of halogens is 2. The van der Waals surface area contributed by atoms with Crippen LogP contribution in [0.1, 0.15) is 0 Å². The van der Waals surface area contributed by atoms with Gasteiger partial charge in [-0.25, -0.2) is 9.18 Å². The number of rotatable bonds is 4. The first-order valence-corrected chi connectivity index (χ1v) is 3.89. The predicted molar refractivity (Wildman–Crippen MR) is 46.2 cm³/mol. The summed E-state index contributed by atoms with van der Waals surface area (Å²) in [5.74, 6) is -3.84. The first kappa shape index (κ1) is 11.8. The van der Waals surface area contributed by atoms with E-state index in [1.165, 1.54) is 0 Å². The lowest BCUT2D eigenvalue weighted by molar-refractivity contribution is -0.385. The van der Waals surface area contributed by atoms with Crippen molar-refractivity contribution in [3.05, 3.63) is 34.1 Å². The minimum Gasteiger partial charge on any atom is -0.476 e. The number of non-ortho nitro benzene ring substituents is 1. The van der Waals surface area contributed by atoms with Crippen LogP contribution in [0, 0.1) is 15.9 Å². The molecular weight excluding hydrogens is 228 g/mol. The molecule has 16 heavy (non-hydrogen) atoms. The van der Waals surface area contributed by atoms with Crippen LogP contribution in [-0.4, -0.2) is 22.4 Å². The van der Waals surface area contributed by atoms with Gasteiger partial charge in [-0.3, -0.25) is 10.1 Å². The van der Waals surface area contributed by atoms with E-state index in [-0.39, 0.29) is 0 Å². The fourth-order valence-electron chi connectivity index (χ4n) is 0.861. The van der Waals surface area contributed by atoms with E-state index in [1.807, 2.05) is 0 Å². The Bertz CT molecular complexity index is 436. The maximum Gasteiger partial charge on any atom is 0.378 e. The van der Waals surface area contributed by atoms with E-state index in [0.717, 1.165) is 12.1 Å². The molecule has 0 saturated heterocycles.